The molecular formula is C14H16N4O. The molecule has 2 heterocycles. The molecule has 3 rings (SSSR count). The molecule has 0 spiro atoms. The SMILES string of the molecule is CCn1cc(CN2C(=O)Cc3cc(N)ccc32)cn1. The largest absolute Gasteiger partial charge is 0.399 e. The van der Waals surface area contributed by atoms with Crippen LogP contribution in [-0.2, 0) is 24.3 Å². The highest BCUT2D eigenvalue weighted by molar-refractivity contribution is 6.01. The first-order valence-electron chi connectivity index (χ1n) is 6.37. The van der Waals surface area contributed by atoms with Crippen LogP contribution in [0.3, 0.4) is 0 Å². The summed E-state index contributed by atoms with van der Waals surface area (Å²) >= 11 is 0. The topological polar surface area (TPSA) is 64.2 Å². The van der Waals surface area contributed by atoms with E-state index in [-0.39, 0.29) is 5.91 Å². The van der Waals surface area contributed by atoms with Crippen molar-refractivity contribution in [3.63, 3.8) is 0 Å². The van der Waals surface area contributed by atoms with Crippen molar-refractivity contribution in [1.82, 2.24) is 9.78 Å². The summed E-state index contributed by atoms with van der Waals surface area (Å²) < 4.78 is 1.86. The van der Waals surface area contributed by atoms with Crippen LogP contribution in [0.25, 0.3) is 0 Å². The molecule has 0 fully saturated rings. The zero-order chi connectivity index (χ0) is 13.4. The molecule has 1 aliphatic heterocycles. The monoisotopic (exact) mass is 256 g/mol. The van der Waals surface area contributed by atoms with Crippen LogP contribution in [0, 0.1) is 0 Å². The highest BCUT2D eigenvalue weighted by Crippen LogP contribution is 2.31. The van der Waals surface area contributed by atoms with Crippen LogP contribution in [0.1, 0.15) is 18.1 Å². The number of nitrogens with two attached hydrogens (primary N) is 1. The summed E-state index contributed by atoms with van der Waals surface area (Å²) in [4.78, 5) is 13.9. The Hall–Kier alpha value is -2.30. The lowest BCUT2D eigenvalue weighted by Gasteiger charge is -2.16. The minimum atomic E-state index is 0.116. The van der Waals surface area contributed by atoms with E-state index in [0.29, 0.717) is 18.7 Å². The van der Waals surface area contributed by atoms with Gasteiger partial charge in [0.15, 0.2) is 0 Å². The van der Waals surface area contributed by atoms with Gasteiger partial charge >= 0.3 is 0 Å². The Bertz CT molecular complexity index is 632. The van der Waals surface area contributed by atoms with Gasteiger partial charge in [0.25, 0.3) is 0 Å². The van der Waals surface area contributed by atoms with Gasteiger partial charge in [0.1, 0.15) is 0 Å². The summed E-state index contributed by atoms with van der Waals surface area (Å²) in [5.74, 6) is 0.116. The van der Waals surface area contributed by atoms with Crippen LogP contribution in [0.15, 0.2) is 30.6 Å². The van der Waals surface area contributed by atoms with Gasteiger partial charge in [0.2, 0.25) is 5.91 Å². The number of carbonyl (C=O) groups is 1. The third-order valence-electron chi connectivity index (χ3n) is 3.39. The van der Waals surface area contributed by atoms with E-state index < -0.39 is 0 Å². The van der Waals surface area contributed by atoms with E-state index in [0.717, 1.165) is 23.4 Å². The summed E-state index contributed by atoms with van der Waals surface area (Å²) in [7, 11) is 0. The van der Waals surface area contributed by atoms with Crippen molar-refractivity contribution in [2.75, 3.05) is 10.6 Å². The summed E-state index contributed by atoms with van der Waals surface area (Å²) in [6, 6.07) is 5.63. The molecule has 2 N–H and O–H groups in total. The van der Waals surface area contributed by atoms with Gasteiger partial charge < -0.3 is 10.6 Å². The lowest BCUT2D eigenvalue weighted by atomic mass is 10.1. The molecule has 0 unspecified atom stereocenters. The van der Waals surface area contributed by atoms with Crippen molar-refractivity contribution >= 4 is 17.3 Å². The van der Waals surface area contributed by atoms with E-state index in [1.807, 2.05) is 42.2 Å². The fraction of sp³-hybridized carbons (Fsp3) is 0.286. The first-order valence-corrected chi connectivity index (χ1v) is 6.37. The van der Waals surface area contributed by atoms with Gasteiger partial charge in [-0.05, 0) is 30.7 Å². The number of nitrogens with zero attached hydrogens (tertiary/aromatic N) is 3. The van der Waals surface area contributed by atoms with E-state index in [1.54, 1.807) is 4.90 Å². The van der Waals surface area contributed by atoms with Crippen LogP contribution in [0.5, 0.6) is 0 Å². The van der Waals surface area contributed by atoms with Gasteiger partial charge in [-0.15, -0.1) is 0 Å². The number of carbonyl (C=O) groups excluding carboxylic acids is 1. The van der Waals surface area contributed by atoms with E-state index in [9.17, 15) is 4.79 Å². The summed E-state index contributed by atoms with van der Waals surface area (Å²) in [6.45, 7) is 3.44. The number of amides is 1. The first-order chi connectivity index (χ1) is 9.17. The highest BCUT2D eigenvalue weighted by Gasteiger charge is 2.27. The third kappa shape index (κ3) is 2.07. The number of benzene rings is 1. The first kappa shape index (κ1) is 11.8. The van der Waals surface area contributed by atoms with Crippen LogP contribution in [0.4, 0.5) is 11.4 Å². The molecule has 0 radical (unpaired) electrons. The summed E-state index contributed by atoms with van der Waals surface area (Å²) in [5, 5.41) is 4.23. The Balaban J connectivity index is 1.87. The van der Waals surface area contributed by atoms with Crippen molar-refractivity contribution in [1.29, 1.82) is 0 Å². The van der Waals surface area contributed by atoms with E-state index in [1.165, 1.54) is 0 Å². The summed E-state index contributed by atoms with van der Waals surface area (Å²) in [5.41, 5.74) is 9.46. The van der Waals surface area contributed by atoms with Crippen LogP contribution < -0.4 is 10.6 Å². The minimum absolute atomic E-state index is 0.116. The molecule has 0 atom stereocenters. The molecule has 0 saturated heterocycles. The third-order valence-corrected chi connectivity index (χ3v) is 3.39. The quantitative estimate of drug-likeness (QED) is 0.848. The zero-order valence-corrected chi connectivity index (χ0v) is 10.8. The summed E-state index contributed by atoms with van der Waals surface area (Å²) in [6.07, 6.45) is 4.22. The molecule has 1 aromatic heterocycles. The molecule has 5 heteroatoms. The van der Waals surface area contributed by atoms with Crippen molar-refractivity contribution < 1.29 is 4.79 Å². The predicted molar refractivity (Wildman–Crippen MR) is 73.6 cm³/mol. The number of aromatic nitrogens is 2. The Morgan fingerprint density at radius 1 is 1.42 bits per heavy atom. The smallest absolute Gasteiger partial charge is 0.231 e. The van der Waals surface area contributed by atoms with E-state index in [2.05, 4.69) is 5.10 Å². The normalized spacial score (nSPS) is 13.9. The van der Waals surface area contributed by atoms with Gasteiger partial charge in [0.05, 0.1) is 19.2 Å². The number of aryl methyl sites for hydroxylation is 1. The minimum Gasteiger partial charge on any atom is -0.399 e. The molecule has 2 aromatic rings. The lowest BCUT2D eigenvalue weighted by Crippen LogP contribution is -2.25. The van der Waals surface area contributed by atoms with Crippen molar-refractivity contribution in [3.8, 4) is 0 Å². The molecule has 19 heavy (non-hydrogen) atoms. The Morgan fingerprint density at radius 2 is 2.26 bits per heavy atom. The van der Waals surface area contributed by atoms with Crippen molar-refractivity contribution in [2.24, 2.45) is 0 Å². The van der Waals surface area contributed by atoms with Gasteiger partial charge in [-0.25, -0.2) is 0 Å². The molecule has 0 bridgehead atoms. The number of fused-ring (bicyclic) bond motifs is 1. The molecular weight excluding hydrogens is 240 g/mol. The molecule has 0 aliphatic carbocycles. The van der Waals surface area contributed by atoms with Gasteiger partial charge in [-0.2, -0.15) is 5.10 Å². The number of hydrogen-bond donors (Lipinski definition) is 1. The van der Waals surface area contributed by atoms with Crippen LogP contribution in [0.2, 0.25) is 0 Å². The average Bonchev–Trinajstić information content (AvgIpc) is 2.95. The second-order valence-electron chi connectivity index (χ2n) is 4.75. The fourth-order valence-electron chi connectivity index (χ4n) is 2.42. The van der Waals surface area contributed by atoms with E-state index in [4.69, 9.17) is 5.73 Å². The average molecular weight is 256 g/mol. The van der Waals surface area contributed by atoms with Crippen LogP contribution >= 0.6 is 0 Å². The molecule has 98 valence electrons. The maximum atomic E-state index is 12.1. The number of nitrogen functional groups attached to an aromatic ring is 1. The predicted octanol–water partition coefficient (Wildman–Crippen LogP) is 1.57. The second-order valence-corrected chi connectivity index (χ2v) is 4.75. The van der Waals surface area contributed by atoms with E-state index >= 15 is 0 Å². The molecule has 5 nitrogen and oxygen atoms in total. The van der Waals surface area contributed by atoms with Crippen LogP contribution in [-0.4, -0.2) is 15.7 Å². The number of hydrogen-bond acceptors (Lipinski definition) is 3. The standard InChI is InChI=1S/C14H16N4O/c1-2-17-8-10(7-16-17)9-18-13-4-3-12(15)5-11(13)6-14(18)19/h3-5,7-8H,2,6,9,15H2,1H3. The Labute approximate surface area is 111 Å². The number of anilines is 2. The van der Waals surface area contributed by atoms with Gasteiger partial charge in [0, 0.05) is 29.7 Å². The Morgan fingerprint density at radius 3 is 3.00 bits per heavy atom. The lowest BCUT2D eigenvalue weighted by molar-refractivity contribution is -0.117. The van der Waals surface area contributed by atoms with Gasteiger partial charge in [-0.3, -0.25) is 9.48 Å². The highest BCUT2D eigenvalue weighted by atomic mass is 16.2. The van der Waals surface area contributed by atoms with Crippen molar-refractivity contribution in [2.45, 2.75) is 26.4 Å². The Kier molecular flexibility index (Phi) is 2.74. The molecule has 0 saturated carbocycles. The molecule has 1 amide bonds. The molecule has 1 aliphatic rings. The number of rotatable bonds is 3. The molecule has 1 aromatic carbocycles. The maximum Gasteiger partial charge on any atom is 0.231 e. The van der Waals surface area contributed by atoms with Crippen molar-refractivity contribution in [3.05, 3.63) is 41.7 Å². The van der Waals surface area contributed by atoms with Gasteiger partial charge in [-0.1, -0.05) is 0 Å². The second kappa shape index (κ2) is 4.42. The zero-order valence-electron chi connectivity index (χ0n) is 10.8. The maximum absolute atomic E-state index is 12.1. The fourth-order valence-corrected chi connectivity index (χ4v) is 2.42.